The summed E-state index contributed by atoms with van der Waals surface area (Å²) in [6.07, 6.45) is 2.17. The van der Waals surface area contributed by atoms with Gasteiger partial charge in [-0.3, -0.25) is 0 Å². The molecule has 0 aliphatic rings. The summed E-state index contributed by atoms with van der Waals surface area (Å²) in [4.78, 5) is 25.1. The van der Waals surface area contributed by atoms with Crippen LogP contribution in [0.2, 0.25) is 0 Å². The van der Waals surface area contributed by atoms with Crippen molar-refractivity contribution >= 4 is 17.6 Å². The number of para-hydroxylation sites is 13. The van der Waals surface area contributed by atoms with E-state index in [1.807, 2.05) is 280 Å². The normalized spacial score (nSPS) is 9.39. The Morgan fingerprint density at radius 1 is 0.281 bits per heavy atom. The van der Waals surface area contributed by atoms with Crippen molar-refractivity contribution in [2.24, 2.45) is 0 Å². The summed E-state index contributed by atoms with van der Waals surface area (Å²) in [6.45, 7) is 11.9. The second-order valence-electron chi connectivity index (χ2n) is 24.7. The number of aromatic carboxylic acids is 1. The summed E-state index contributed by atoms with van der Waals surface area (Å²) >= 11 is 0. The van der Waals surface area contributed by atoms with Crippen molar-refractivity contribution in [2.75, 3.05) is 56.4 Å². The van der Waals surface area contributed by atoms with Gasteiger partial charge in [-0.05, 0) is 188 Å². The van der Waals surface area contributed by atoms with Crippen LogP contribution in [0.5, 0.6) is 86.2 Å². The zero-order valence-electron chi connectivity index (χ0n) is 69.6. The largest absolute Gasteiger partial charge is 0.497 e. The molecule has 0 heterocycles. The first kappa shape index (κ1) is 94.4. The van der Waals surface area contributed by atoms with Gasteiger partial charge in [0.25, 0.3) is 0 Å². The highest BCUT2D eigenvalue weighted by atomic mass is 16.5. The van der Waals surface area contributed by atoms with Crippen molar-refractivity contribution < 1.29 is 71.5 Å². The molecule has 16 heteroatoms. The number of aryl methyl sites for hydroxylation is 1. The fraction of sp³-hybridized carbons (Fsp3) is 0.114. The lowest BCUT2D eigenvalue weighted by Gasteiger charge is -2.09. The van der Waals surface area contributed by atoms with Crippen LogP contribution in [0.3, 0.4) is 0 Å². The average Bonchev–Trinajstić information content (AvgIpc) is 1.18. The molecule has 0 spiro atoms. The lowest BCUT2D eigenvalue weighted by atomic mass is 10.1. The first-order chi connectivity index (χ1) is 59.3. The summed E-state index contributed by atoms with van der Waals surface area (Å²) in [5.74, 6) is 9.92. The number of carboxylic acids is 1. The van der Waals surface area contributed by atoms with Crippen LogP contribution in [-0.4, -0.2) is 73.4 Å². The molecule has 0 unspecified atom stereocenters. The molecule has 0 fully saturated rings. The van der Waals surface area contributed by atoms with Gasteiger partial charge < -0.3 is 61.9 Å². The van der Waals surface area contributed by atoms with E-state index in [4.69, 9.17) is 63.8 Å². The lowest BCUT2D eigenvalue weighted by molar-refractivity contribution is 0.0599. The SMILES string of the molecule is CCOc1ccccc1.CCc1ccccc1.COC(=O)c1ccc(Oc2ccccc2)cc1.COc1cccc(Oc2ccccc2)c1.COc1ccccc1.COc1ccccc1C(=O)O.COc1ccccc1OC.COc1ccccc1Oc1ccccc1.[C-]#[N+]c1ccccc1Oc1ccccc1.c1ccc(Cc2ccccc2)cc1. The quantitative estimate of drug-likeness (QED) is 0.0532. The molecule has 15 rings (SSSR count). The molecule has 0 saturated heterocycles. The van der Waals surface area contributed by atoms with E-state index in [9.17, 15) is 9.59 Å². The molecule has 121 heavy (non-hydrogen) atoms. The zero-order valence-corrected chi connectivity index (χ0v) is 69.6. The molecule has 0 saturated carbocycles. The molecule has 1 N–H and O–H groups in total. The molecule has 0 radical (unpaired) electrons. The van der Waals surface area contributed by atoms with Crippen molar-refractivity contribution in [1.29, 1.82) is 0 Å². The van der Waals surface area contributed by atoms with E-state index in [-0.39, 0.29) is 11.5 Å². The van der Waals surface area contributed by atoms with Crippen molar-refractivity contribution in [1.82, 2.24) is 0 Å². The second kappa shape index (κ2) is 58.4. The molecule has 618 valence electrons. The van der Waals surface area contributed by atoms with Crippen LogP contribution in [0, 0.1) is 6.57 Å². The lowest BCUT2D eigenvalue weighted by Crippen LogP contribution is -2.00. The fourth-order valence-corrected chi connectivity index (χ4v) is 10.3. The highest BCUT2D eigenvalue weighted by molar-refractivity contribution is 5.91. The predicted molar refractivity (Wildman–Crippen MR) is 484 cm³/mol. The van der Waals surface area contributed by atoms with E-state index in [1.165, 1.54) is 37.0 Å². The monoisotopic (exact) mass is 1620 g/mol. The topological polar surface area (TPSA) is 169 Å². The Bertz CT molecular complexity index is 5150. The van der Waals surface area contributed by atoms with Crippen molar-refractivity contribution in [2.45, 2.75) is 26.7 Å². The van der Waals surface area contributed by atoms with Gasteiger partial charge in [-0.1, -0.05) is 268 Å². The number of rotatable bonds is 21. The van der Waals surface area contributed by atoms with Crippen molar-refractivity contribution in [3.63, 3.8) is 0 Å². The third-order valence-electron chi connectivity index (χ3n) is 16.3. The number of benzene rings is 15. The standard InChI is InChI=1S/C14H12O3.C13H9NO.2C13H12O2.C13H12.C8H8O3.C8H10O2.C8H10O.C8H10.C7H8O/c1-16-14(15)11-7-9-13(10-8-11)17-12-5-3-2-4-6-12;2*1-14-12-9-5-6-10-13(12)15-11-7-3-2-4-8-11;1-14-12-8-5-9-13(10-12)15-11-6-3-2-4-7-11;1-3-7-12(8-4-1)11-13-9-5-2-6-10-13;1-11-7-5-3-2-4-6(7)8(9)10;1-9-7-5-3-4-6-8(7)10-2;1-2-9-8-6-4-3-5-7-8;1-2-8-6-4-3-5-7-8;1-8-7-5-3-2-4-6-7/h2-10H,1H3;2-10H;2*2-10H,1H3;1-10H,11H2;2-5H,1H3,(H,9,10);3-6H,1-2H3;3-7H,2H2,1H3;3-7H,2H2,1H3;2-6H,1H3. The number of methoxy groups -OCH3 is 7. The van der Waals surface area contributed by atoms with Crippen molar-refractivity contribution in [3.05, 3.63) is 458 Å². The Kier molecular flexibility index (Phi) is 45.5. The Morgan fingerprint density at radius 2 is 0.587 bits per heavy atom. The predicted octanol–water partition coefficient (Wildman–Crippen LogP) is 26.7. The van der Waals surface area contributed by atoms with Crippen LogP contribution in [0.15, 0.2) is 419 Å². The van der Waals surface area contributed by atoms with E-state index in [1.54, 1.807) is 90.1 Å². The third kappa shape index (κ3) is 38.2. The number of hydrogen-bond acceptors (Lipinski definition) is 14. The van der Waals surface area contributed by atoms with Crippen LogP contribution in [0.25, 0.3) is 4.85 Å². The molecule has 0 bridgehead atoms. The maximum atomic E-state index is 11.2. The molecule has 0 aliphatic carbocycles. The van der Waals surface area contributed by atoms with Gasteiger partial charge in [0.05, 0.1) is 68.5 Å². The van der Waals surface area contributed by atoms with E-state index in [0.29, 0.717) is 28.5 Å². The van der Waals surface area contributed by atoms with Crippen LogP contribution >= 0.6 is 0 Å². The van der Waals surface area contributed by atoms with Gasteiger partial charge in [-0.2, -0.15) is 0 Å². The molecular weight excluding hydrogens is 1520 g/mol. The number of carbonyl (C=O) groups is 2. The minimum Gasteiger partial charge on any atom is -0.497 e. The first-order valence-corrected chi connectivity index (χ1v) is 38.6. The molecule has 0 atom stereocenters. The molecule has 0 aromatic heterocycles. The number of nitrogens with zero attached hydrogens (tertiary/aromatic N) is 1. The van der Waals surface area contributed by atoms with E-state index >= 15 is 0 Å². The molecule has 0 aliphatic heterocycles. The summed E-state index contributed by atoms with van der Waals surface area (Å²) < 4.78 is 62.4. The second-order valence-corrected chi connectivity index (χ2v) is 24.7. The zero-order chi connectivity index (χ0) is 86.4. The number of carboxylic acid groups (broad SMARTS) is 1. The van der Waals surface area contributed by atoms with Crippen LogP contribution < -0.4 is 52.1 Å². The van der Waals surface area contributed by atoms with Crippen LogP contribution in [0.4, 0.5) is 5.69 Å². The highest BCUT2D eigenvalue weighted by Crippen LogP contribution is 2.33. The summed E-state index contributed by atoms with van der Waals surface area (Å²) in [7, 11) is 11.0. The molecule has 15 aromatic rings. The Balaban J connectivity index is 0.000000210. The smallest absolute Gasteiger partial charge is 0.339 e. The number of ether oxygens (including phenoxy) is 12. The van der Waals surface area contributed by atoms with E-state index in [2.05, 4.69) is 101 Å². The maximum Gasteiger partial charge on any atom is 0.339 e. The van der Waals surface area contributed by atoms with E-state index < -0.39 is 5.97 Å². The Morgan fingerprint density at radius 3 is 0.950 bits per heavy atom. The van der Waals surface area contributed by atoms with Gasteiger partial charge in [0.2, 0.25) is 5.69 Å². The van der Waals surface area contributed by atoms with Crippen LogP contribution in [-0.2, 0) is 17.6 Å². The summed E-state index contributed by atoms with van der Waals surface area (Å²) in [6, 6.07) is 132. The van der Waals surface area contributed by atoms with Gasteiger partial charge in [-0.25, -0.2) is 14.4 Å². The van der Waals surface area contributed by atoms with Gasteiger partial charge in [0, 0.05) is 6.07 Å². The number of hydrogen-bond donors (Lipinski definition) is 1. The van der Waals surface area contributed by atoms with E-state index in [0.717, 1.165) is 88.4 Å². The molecule has 16 nitrogen and oxygen atoms in total. The van der Waals surface area contributed by atoms with Gasteiger partial charge in [-0.15, -0.1) is 0 Å². The Hall–Kier alpha value is -15.5. The average molecular weight is 1620 g/mol. The molecule has 15 aromatic carbocycles. The molecular formula is C105H103NO15. The third-order valence-corrected chi connectivity index (χ3v) is 16.3. The first-order valence-electron chi connectivity index (χ1n) is 38.6. The maximum absolute atomic E-state index is 11.2. The number of carbonyl (C=O) groups excluding carboxylic acids is 1. The summed E-state index contributed by atoms with van der Waals surface area (Å²) in [5.41, 5.74) is 5.37. The van der Waals surface area contributed by atoms with Gasteiger partial charge in [0.15, 0.2) is 23.0 Å². The highest BCUT2D eigenvalue weighted by Gasteiger charge is 2.10. The summed E-state index contributed by atoms with van der Waals surface area (Å²) in [5, 5.41) is 8.62. The van der Waals surface area contributed by atoms with Gasteiger partial charge in [0.1, 0.15) is 68.8 Å². The number of esters is 1. The fourth-order valence-electron chi connectivity index (χ4n) is 10.3. The van der Waals surface area contributed by atoms with Gasteiger partial charge >= 0.3 is 11.9 Å². The van der Waals surface area contributed by atoms with Crippen molar-refractivity contribution in [3.8, 4) is 86.2 Å². The van der Waals surface area contributed by atoms with Crippen LogP contribution in [0.1, 0.15) is 51.3 Å². The minimum atomic E-state index is -0.970. The molecule has 0 amide bonds. The Labute approximate surface area is 712 Å². The minimum absolute atomic E-state index is 0.190.